The third kappa shape index (κ3) is 5.62. The Morgan fingerprint density at radius 1 is 0.929 bits per heavy atom. The van der Waals surface area contributed by atoms with Crippen LogP contribution >= 0.6 is 38.5 Å². The van der Waals surface area contributed by atoms with E-state index in [1.807, 2.05) is 61.5 Å². The first-order chi connectivity index (χ1) is 13.3. The molecule has 0 atom stereocenters. The highest BCUT2D eigenvalue weighted by Crippen LogP contribution is 2.18. The van der Waals surface area contributed by atoms with Gasteiger partial charge >= 0.3 is 0 Å². The van der Waals surface area contributed by atoms with E-state index in [0.717, 1.165) is 24.7 Å². The lowest BCUT2D eigenvalue weighted by Crippen LogP contribution is -2.04. The van der Waals surface area contributed by atoms with Crippen LogP contribution in [0.25, 0.3) is 6.08 Å². The Balaban J connectivity index is 2.04. The molecule has 0 saturated carbocycles. The minimum absolute atomic E-state index is 0.176. The third-order valence-electron chi connectivity index (χ3n) is 3.98. The van der Waals surface area contributed by atoms with E-state index in [1.165, 1.54) is 0 Å². The van der Waals surface area contributed by atoms with Gasteiger partial charge < -0.3 is 0 Å². The van der Waals surface area contributed by atoms with Crippen LogP contribution in [0.3, 0.4) is 0 Å². The van der Waals surface area contributed by atoms with Gasteiger partial charge in [-0.15, -0.1) is 0 Å². The van der Waals surface area contributed by atoms with Crippen molar-refractivity contribution in [2.24, 2.45) is 4.40 Å². The van der Waals surface area contributed by atoms with Crippen LogP contribution in [0.15, 0.2) is 92.6 Å². The molecule has 0 aliphatic carbocycles. The third-order valence-corrected chi connectivity index (χ3v) is 6.53. The molecule has 6 heteroatoms. The second-order valence-corrected chi connectivity index (χ2v) is 9.92. The maximum absolute atomic E-state index is 12.8. The van der Waals surface area contributed by atoms with E-state index in [0.29, 0.717) is 5.71 Å². The zero-order valence-corrected chi connectivity index (χ0v) is 19.6. The number of halogens is 2. The maximum atomic E-state index is 12.8. The van der Waals surface area contributed by atoms with Crippen molar-refractivity contribution in [1.29, 1.82) is 0 Å². The first-order valence-electron chi connectivity index (χ1n) is 8.45. The van der Waals surface area contributed by atoms with Crippen LogP contribution in [0.5, 0.6) is 0 Å². The van der Waals surface area contributed by atoms with E-state index in [1.54, 1.807) is 30.3 Å². The average Bonchev–Trinajstić information content (AvgIpc) is 2.67. The van der Waals surface area contributed by atoms with Crippen molar-refractivity contribution in [3.63, 3.8) is 0 Å². The van der Waals surface area contributed by atoms with E-state index in [-0.39, 0.29) is 4.90 Å². The second-order valence-electron chi connectivity index (χ2n) is 6.16. The van der Waals surface area contributed by atoms with Gasteiger partial charge in [0, 0.05) is 13.6 Å². The number of allylic oxidation sites excluding steroid dienone is 1. The van der Waals surface area contributed by atoms with Gasteiger partial charge in [-0.2, -0.15) is 12.8 Å². The monoisotopic (exact) mass is 565 g/mol. The predicted octanol–water partition coefficient (Wildman–Crippen LogP) is 6.25. The van der Waals surface area contributed by atoms with E-state index >= 15 is 0 Å². The van der Waals surface area contributed by atoms with Crippen molar-refractivity contribution >= 4 is 60.3 Å². The highest BCUT2D eigenvalue weighted by atomic mass is 127. The van der Waals surface area contributed by atoms with Crippen LogP contribution in [-0.2, 0) is 10.0 Å². The zero-order chi connectivity index (χ0) is 20.1. The molecule has 0 N–H and O–H groups in total. The molecule has 0 amide bonds. The Morgan fingerprint density at radius 2 is 1.54 bits per heavy atom. The van der Waals surface area contributed by atoms with E-state index in [9.17, 15) is 8.42 Å². The number of sulfonamides is 1. The molecule has 142 valence electrons. The van der Waals surface area contributed by atoms with Gasteiger partial charge in [-0.25, -0.2) is 0 Å². The van der Waals surface area contributed by atoms with Crippen molar-refractivity contribution in [1.82, 2.24) is 0 Å². The van der Waals surface area contributed by atoms with Crippen LogP contribution in [0.4, 0.5) is 0 Å². The van der Waals surface area contributed by atoms with Crippen LogP contribution < -0.4 is 0 Å². The van der Waals surface area contributed by atoms with Crippen molar-refractivity contribution < 1.29 is 8.42 Å². The summed E-state index contributed by atoms with van der Waals surface area (Å²) in [6.07, 6.45) is 3.60. The molecule has 3 aromatic carbocycles. The van der Waals surface area contributed by atoms with Gasteiger partial charge in [-0.05, 0) is 77.6 Å². The summed E-state index contributed by atoms with van der Waals surface area (Å²) >= 11 is 5.65. The van der Waals surface area contributed by atoms with E-state index in [4.69, 9.17) is 0 Å². The summed E-state index contributed by atoms with van der Waals surface area (Å²) in [5.74, 6) is 0. The molecule has 28 heavy (non-hydrogen) atoms. The smallest absolute Gasteiger partial charge is 0.199 e. The summed E-state index contributed by atoms with van der Waals surface area (Å²) in [6.45, 7) is 1.91. The molecule has 3 rings (SSSR count). The molecule has 3 aromatic rings. The van der Waals surface area contributed by atoms with Crippen LogP contribution in [0.2, 0.25) is 0 Å². The van der Waals surface area contributed by atoms with Gasteiger partial charge in [0.1, 0.15) is 0 Å². The zero-order valence-electron chi connectivity index (χ0n) is 15.0. The van der Waals surface area contributed by atoms with Gasteiger partial charge in [0.15, 0.2) is 0 Å². The fraction of sp³-hybridized carbons (Fsp3) is 0.0455. The van der Waals surface area contributed by atoms with Crippen molar-refractivity contribution in [2.75, 3.05) is 0 Å². The van der Waals surface area contributed by atoms with Crippen LogP contribution in [0.1, 0.15) is 16.7 Å². The lowest BCUT2D eigenvalue weighted by Gasteiger charge is -2.05. The van der Waals surface area contributed by atoms with E-state index in [2.05, 4.69) is 42.9 Å². The number of hydrogen-bond donors (Lipinski definition) is 0. The topological polar surface area (TPSA) is 46.5 Å². The second kappa shape index (κ2) is 9.15. The summed E-state index contributed by atoms with van der Waals surface area (Å²) < 4.78 is 31.8. The molecular formula is C22H17BrINO2S. The van der Waals surface area contributed by atoms with Crippen LogP contribution in [0, 0.1) is 10.5 Å². The highest BCUT2D eigenvalue weighted by Gasteiger charge is 2.14. The predicted molar refractivity (Wildman–Crippen MR) is 127 cm³/mol. The Labute approximate surface area is 187 Å². The van der Waals surface area contributed by atoms with Crippen molar-refractivity contribution in [3.8, 4) is 0 Å². The molecule has 0 unspecified atom stereocenters. The number of nitrogens with zero attached hydrogens (tertiary/aromatic N) is 1. The average molecular weight is 566 g/mol. The first-order valence-corrected chi connectivity index (χ1v) is 11.8. The lowest BCUT2D eigenvalue weighted by molar-refractivity contribution is 0.598. The highest BCUT2D eigenvalue weighted by molar-refractivity contribution is 14.1. The molecular weight excluding hydrogens is 549 g/mol. The lowest BCUT2D eigenvalue weighted by atomic mass is 10.1. The Morgan fingerprint density at radius 3 is 2.14 bits per heavy atom. The van der Waals surface area contributed by atoms with Gasteiger partial charge in [0.05, 0.1) is 10.6 Å². The molecule has 0 heterocycles. The molecule has 0 aliphatic heterocycles. The largest absolute Gasteiger partial charge is 0.282 e. The normalized spacial score (nSPS) is 12.5. The molecule has 0 spiro atoms. The summed E-state index contributed by atoms with van der Waals surface area (Å²) in [4.78, 5) is 0.176. The minimum atomic E-state index is -3.82. The number of benzene rings is 3. The fourth-order valence-corrected chi connectivity index (χ4v) is 4.08. The molecule has 3 nitrogen and oxygen atoms in total. The summed E-state index contributed by atoms with van der Waals surface area (Å²) in [5.41, 5.74) is 3.07. The summed E-state index contributed by atoms with van der Waals surface area (Å²) in [6, 6.07) is 22.1. The van der Waals surface area contributed by atoms with Crippen molar-refractivity contribution in [2.45, 2.75) is 11.8 Å². The number of rotatable bonds is 5. The molecule has 0 aromatic heterocycles. The Kier molecular flexibility index (Phi) is 6.85. The summed E-state index contributed by atoms with van der Waals surface area (Å²) in [5, 5.41) is 0. The van der Waals surface area contributed by atoms with Gasteiger partial charge in [-0.1, -0.05) is 64.0 Å². The van der Waals surface area contributed by atoms with Gasteiger partial charge in [0.2, 0.25) is 0 Å². The Hall–Kier alpha value is -1.77. The van der Waals surface area contributed by atoms with Crippen LogP contribution in [-0.4, -0.2) is 14.1 Å². The molecule has 0 bridgehead atoms. The molecule has 0 fully saturated rings. The minimum Gasteiger partial charge on any atom is -0.199 e. The standard InChI is InChI=1S/C22H17BrINO2S/c1-16-2-13-21(14-3-16)28(26,27)25-22(18-7-9-19(23)10-8-18)15-6-17-4-11-20(24)12-5-17/h2-15H,1H3/b15-6+,25-22+. The van der Waals surface area contributed by atoms with E-state index < -0.39 is 10.0 Å². The molecule has 0 radical (unpaired) electrons. The van der Waals surface area contributed by atoms with Gasteiger partial charge in [-0.3, -0.25) is 0 Å². The number of aryl methyl sites for hydroxylation is 1. The molecule has 0 aliphatic rings. The first kappa shape index (κ1) is 21.0. The quantitative estimate of drug-likeness (QED) is 0.271. The van der Waals surface area contributed by atoms with Crippen molar-refractivity contribution in [3.05, 3.63) is 104 Å². The fourth-order valence-electron chi connectivity index (χ4n) is 2.44. The van der Waals surface area contributed by atoms with Gasteiger partial charge in [0.25, 0.3) is 10.0 Å². The summed E-state index contributed by atoms with van der Waals surface area (Å²) in [7, 11) is -3.82. The molecule has 0 saturated heterocycles. The SMILES string of the molecule is Cc1ccc(S(=O)(=O)/N=C(\C=C\c2ccc(I)cc2)c2ccc(Br)cc2)cc1. The number of hydrogen-bond acceptors (Lipinski definition) is 2. The Bertz CT molecular complexity index is 1120. The maximum Gasteiger partial charge on any atom is 0.282 e.